The molecule has 0 amide bonds. The number of hydrogen-bond donors (Lipinski definition) is 0. The van der Waals surface area contributed by atoms with Crippen LogP contribution in [0.4, 0.5) is 10.2 Å². The van der Waals surface area contributed by atoms with Gasteiger partial charge >= 0.3 is 0 Å². The molecule has 4 rings (SSSR count). The molecule has 24 heavy (non-hydrogen) atoms. The normalized spacial score (nSPS) is 20.8. The van der Waals surface area contributed by atoms with E-state index in [2.05, 4.69) is 11.8 Å². The van der Waals surface area contributed by atoms with Gasteiger partial charge in [0.15, 0.2) is 5.82 Å². The van der Waals surface area contributed by atoms with Gasteiger partial charge in [-0.3, -0.25) is 0 Å². The lowest BCUT2D eigenvalue weighted by Crippen LogP contribution is -2.38. The lowest BCUT2D eigenvalue weighted by atomic mass is 9.88. The van der Waals surface area contributed by atoms with Gasteiger partial charge in [0.2, 0.25) is 0 Å². The van der Waals surface area contributed by atoms with Crippen LogP contribution in [-0.4, -0.2) is 36.3 Å². The van der Waals surface area contributed by atoms with E-state index < -0.39 is 0 Å². The van der Waals surface area contributed by atoms with Crippen LogP contribution >= 0.6 is 0 Å². The van der Waals surface area contributed by atoms with Gasteiger partial charge in [0.25, 0.3) is 0 Å². The van der Waals surface area contributed by atoms with E-state index in [1.54, 1.807) is 12.1 Å². The van der Waals surface area contributed by atoms with Crippen LogP contribution in [0.5, 0.6) is 0 Å². The van der Waals surface area contributed by atoms with E-state index in [0.717, 1.165) is 43.9 Å². The number of hydrogen-bond acceptors (Lipinski definition) is 4. The molecule has 0 N–H and O–H groups in total. The Balaban J connectivity index is 1.83. The molecule has 0 saturated carbocycles. The Morgan fingerprint density at radius 3 is 2.75 bits per heavy atom. The highest BCUT2D eigenvalue weighted by Gasteiger charge is 2.26. The summed E-state index contributed by atoms with van der Waals surface area (Å²) in [6, 6.07) is 6.75. The van der Waals surface area contributed by atoms with Gasteiger partial charge in [-0.1, -0.05) is 19.1 Å². The first-order chi connectivity index (χ1) is 11.7. The van der Waals surface area contributed by atoms with Gasteiger partial charge < -0.3 is 9.64 Å². The number of morpholine rings is 1. The highest BCUT2D eigenvalue weighted by Crippen LogP contribution is 2.33. The minimum absolute atomic E-state index is 0.269. The molecule has 0 bridgehead atoms. The zero-order valence-corrected chi connectivity index (χ0v) is 14.0. The highest BCUT2D eigenvalue weighted by molar-refractivity contribution is 5.61. The first kappa shape index (κ1) is 15.5. The molecule has 2 aromatic rings. The molecule has 1 aromatic heterocycles. The Kier molecular flexibility index (Phi) is 4.19. The van der Waals surface area contributed by atoms with E-state index in [1.165, 1.54) is 11.6 Å². The molecular formula is C19H22FN3O. The van der Waals surface area contributed by atoms with Crippen molar-refractivity contribution in [1.29, 1.82) is 0 Å². The van der Waals surface area contributed by atoms with Gasteiger partial charge in [-0.2, -0.15) is 0 Å². The Morgan fingerprint density at radius 1 is 1.17 bits per heavy atom. The third-order valence-corrected chi connectivity index (χ3v) is 4.93. The Labute approximate surface area is 141 Å². The summed E-state index contributed by atoms with van der Waals surface area (Å²) in [5.74, 6) is 1.82. The maximum absolute atomic E-state index is 14.2. The lowest BCUT2D eigenvalue weighted by Gasteiger charge is -2.32. The summed E-state index contributed by atoms with van der Waals surface area (Å²) in [4.78, 5) is 11.8. The van der Waals surface area contributed by atoms with Crippen molar-refractivity contribution in [2.45, 2.75) is 26.2 Å². The molecular weight excluding hydrogens is 305 g/mol. The fourth-order valence-electron chi connectivity index (χ4n) is 3.56. The average Bonchev–Trinajstić information content (AvgIpc) is 2.61. The van der Waals surface area contributed by atoms with Crippen molar-refractivity contribution in [3.05, 3.63) is 41.3 Å². The zero-order valence-electron chi connectivity index (χ0n) is 14.0. The summed E-state index contributed by atoms with van der Waals surface area (Å²) in [7, 11) is 0. The van der Waals surface area contributed by atoms with Crippen molar-refractivity contribution < 1.29 is 9.13 Å². The van der Waals surface area contributed by atoms with E-state index in [9.17, 15) is 4.39 Å². The SMILES string of the molecule is CC1CCc2c(nc(-c3ccccc3F)nc2N2CCOCC2)C1. The lowest BCUT2D eigenvalue weighted by molar-refractivity contribution is 0.122. The third-order valence-electron chi connectivity index (χ3n) is 4.93. The second-order valence-electron chi connectivity index (χ2n) is 6.72. The largest absolute Gasteiger partial charge is 0.378 e. The monoisotopic (exact) mass is 327 g/mol. The topological polar surface area (TPSA) is 38.2 Å². The molecule has 1 aliphatic carbocycles. The van der Waals surface area contributed by atoms with E-state index in [-0.39, 0.29) is 5.82 Å². The molecule has 0 radical (unpaired) electrons. The zero-order chi connectivity index (χ0) is 16.5. The fraction of sp³-hybridized carbons (Fsp3) is 0.474. The average molecular weight is 327 g/mol. The molecule has 126 valence electrons. The molecule has 2 heterocycles. The molecule has 2 aliphatic rings. The number of nitrogens with zero attached hydrogens (tertiary/aromatic N) is 3. The Morgan fingerprint density at radius 2 is 1.96 bits per heavy atom. The van der Waals surface area contributed by atoms with Gasteiger partial charge in [-0.15, -0.1) is 0 Å². The summed E-state index contributed by atoms with van der Waals surface area (Å²) < 4.78 is 19.7. The molecule has 5 heteroatoms. The van der Waals surface area contributed by atoms with Crippen LogP contribution in [0.1, 0.15) is 24.6 Å². The van der Waals surface area contributed by atoms with Crippen molar-refractivity contribution >= 4 is 5.82 Å². The van der Waals surface area contributed by atoms with Crippen LogP contribution in [0, 0.1) is 11.7 Å². The van der Waals surface area contributed by atoms with Crippen LogP contribution in [0.3, 0.4) is 0 Å². The maximum atomic E-state index is 14.2. The van der Waals surface area contributed by atoms with E-state index in [4.69, 9.17) is 14.7 Å². The first-order valence-corrected chi connectivity index (χ1v) is 8.70. The van der Waals surface area contributed by atoms with E-state index >= 15 is 0 Å². The molecule has 1 unspecified atom stereocenters. The van der Waals surface area contributed by atoms with Crippen LogP contribution in [0.15, 0.2) is 24.3 Å². The van der Waals surface area contributed by atoms with Gasteiger partial charge in [0.05, 0.1) is 24.5 Å². The molecule has 1 saturated heterocycles. The van der Waals surface area contributed by atoms with Crippen molar-refractivity contribution in [2.24, 2.45) is 5.92 Å². The van der Waals surface area contributed by atoms with Gasteiger partial charge in [0.1, 0.15) is 11.6 Å². The number of fused-ring (bicyclic) bond motifs is 1. The van der Waals surface area contributed by atoms with Crippen molar-refractivity contribution in [1.82, 2.24) is 9.97 Å². The van der Waals surface area contributed by atoms with Crippen LogP contribution in [0.25, 0.3) is 11.4 Å². The van der Waals surface area contributed by atoms with Crippen molar-refractivity contribution in [3.8, 4) is 11.4 Å². The first-order valence-electron chi connectivity index (χ1n) is 8.70. The minimum Gasteiger partial charge on any atom is -0.378 e. The van der Waals surface area contributed by atoms with E-state index in [1.807, 2.05) is 6.07 Å². The molecule has 0 spiro atoms. The predicted molar refractivity (Wildman–Crippen MR) is 91.6 cm³/mol. The quantitative estimate of drug-likeness (QED) is 0.849. The smallest absolute Gasteiger partial charge is 0.164 e. The molecule has 1 atom stereocenters. The molecule has 1 fully saturated rings. The fourth-order valence-corrected chi connectivity index (χ4v) is 3.56. The summed E-state index contributed by atoms with van der Waals surface area (Å²) in [5, 5.41) is 0. The predicted octanol–water partition coefficient (Wildman–Crippen LogP) is 3.24. The second-order valence-corrected chi connectivity index (χ2v) is 6.72. The maximum Gasteiger partial charge on any atom is 0.164 e. The summed E-state index contributed by atoms with van der Waals surface area (Å²) in [5.41, 5.74) is 2.81. The standard InChI is InChI=1S/C19H22FN3O/c1-13-6-7-15-17(12-13)21-18(14-4-2-3-5-16(14)20)22-19(15)23-8-10-24-11-9-23/h2-5,13H,6-12H2,1H3. The number of aromatic nitrogens is 2. The minimum atomic E-state index is -0.269. The van der Waals surface area contributed by atoms with Gasteiger partial charge in [-0.25, -0.2) is 14.4 Å². The van der Waals surface area contributed by atoms with Crippen LogP contribution < -0.4 is 4.90 Å². The van der Waals surface area contributed by atoms with Gasteiger partial charge in [0, 0.05) is 18.7 Å². The van der Waals surface area contributed by atoms with Crippen LogP contribution in [-0.2, 0) is 17.6 Å². The third kappa shape index (κ3) is 2.88. The summed E-state index contributed by atoms with van der Waals surface area (Å²) >= 11 is 0. The number of benzene rings is 1. The molecule has 1 aliphatic heterocycles. The van der Waals surface area contributed by atoms with E-state index in [0.29, 0.717) is 30.5 Å². The Hall–Kier alpha value is -2.01. The Bertz CT molecular complexity index is 743. The summed E-state index contributed by atoms with van der Waals surface area (Å²) in [6.45, 7) is 5.34. The van der Waals surface area contributed by atoms with Crippen molar-refractivity contribution in [2.75, 3.05) is 31.2 Å². The number of halogens is 1. The number of rotatable bonds is 2. The van der Waals surface area contributed by atoms with Crippen LogP contribution in [0.2, 0.25) is 0 Å². The number of ether oxygens (including phenoxy) is 1. The summed E-state index contributed by atoms with van der Waals surface area (Å²) in [6.07, 6.45) is 3.10. The molecule has 4 nitrogen and oxygen atoms in total. The van der Waals surface area contributed by atoms with Gasteiger partial charge in [-0.05, 0) is 37.3 Å². The number of anilines is 1. The van der Waals surface area contributed by atoms with Crippen molar-refractivity contribution in [3.63, 3.8) is 0 Å². The highest BCUT2D eigenvalue weighted by atomic mass is 19.1. The molecule has 1 aromatic carbocycles. The second kappa shape index (κ2) is 6.48.